The van der Waals surface area contributed by atoms with Gasteiger partial charge in [-0.3, -0.25) is 9.59 Å². The van der Waals surface area contributed by atoms with Crippen LogP contribution in [0.2, 0.25) is 5.02 Å². The van der Waals surface area contributed by atoms with Crippen LogP contribution in [0.5, 0.6) is 0 Å². The lowest BCUT2D eigenvalue weighted by atomic mass is 10.1. The van der Waals surface area contributed by atoms with Crippen LogP contribution < -0.4 is 10.2 Å². The summed E-state index contributed by atoms with van der Waals surface area (Å²) in [7, 11) is -3.56. The molecule has 0 unspecified atom stereocenters. The molecule has 172 valence electrons. The molecule has 0 spiro atoms. The van der Waals surface area contributed by atoms with E-state index in [4.69, 9.17) is 11.6 Å². The fourth-order valence-electron chi connectivity index (χ4n) is 3.77. The summed E-state index contributed by atoms with van der Waals surface area (Å²) < 4.78 is 26.7. The lowest BCUT2D eigenvalue weighted by Crippen LogP contribution is -2.34. The molecule has 2 amide bonds. The monoisotopic (exact) mass is 477 g/mol. The van der Waals surface area contributed by atoms with Crippen LogP contribution in [0.25, 0.3) is 0 Å². The van der Waals surface area contributed by atoms with Gasteiger partial charge in [-0.2, -0.15) is 4.31 Å². The number of anilines is 1. The minimum atomic E-state index is -3.56. The Bertz CT molecular complexity index is 1050. The van der Waals surface area contributed by atoms with Gasteiger partial charge in [0.15, 0.2) is 0 Å². The van der Waals surface area contributed by atoms with Gasteiger partial charge < -0.3 is 10.2 Å². The van der Waals surface area contributed by atoms with Crippen molar-refractivity contribution in [2.45, 2.75) is 31.6 Å². The highest BCUT2D eigenvalue weighted by Crippen LogP contribution is 2.27. The normalized spacial score (nSPS) is 16.6. The van der Waals surface area contributed by atoms with E-state index in [-0.39, 0.29) is 29.7 Å². The van der Waals surface area contributed by atoms with Crippen molar-refractivity contribution in [1.82, 2.24) is 9.62 Å². The van der Waals surface area contributed by atoms with Gasteiger partial charge in [0, 0.05) is 43.3 Å². The first kappa shape index (κ1) is 24.2. The van der Waals surface area contributed by atoms with Crippen molar-refractivity contribution < 1.29 is 18.0 Å². The Hall–Kier alpha value is -2.42. The van der Waals surface area contributed by atoms with E-state index in [1.165, 1.54) is 21.3 Å². The Balaban J connectivity index is 1.59. The molecule has 0 aromatic heterocycles. The second-order valence-corrected chi connectivity index (χ2v) is 10.0. The predicted octanol–water partition coefficient (Wildman–Crippen LogP) is 3.08. The molecule has 1 fully saturated rings. The molecule has 0 radical (unpaired) electrons. The van der Waals surface area contributed by atoms with E-state index in [0.29, 0.717) is 36.8 Å². The number of carbonyl (C=O) groups is 2. The van der Waals surface area contributed by atoms with Crippen molar-refractivity contribution in [1.29, 1.82) is 0 Å². The maximum Gasteiger partial charge on any atom is 0.243 e. The van der Waals surface area contributed by atoms with Gasteiger partial charge in [0.05, 0.1) is 10.8 Å². The number of hydrogen-bond donors (Lipinski definition) is 1. The Labute approximate surface area is 194 Å². The molecule has 0 bridgehead atoms. The van der Waals surface area contributed by atoms with Crippen LogP contribution in [-0.4, -0.2) is 50.7 Å². The quantitative estimate of drug-likeness (QED) is 0.601. The largest absolute Gasteiger partial charge is 0.355 e. The van der Waals surface area contributed by atoms with Crippen LogP contribution in [-0.2, 0) is 26.0 Å². The zero-order valence-electron chi connectivity index (χ0n) is 18.3. The van der Waals surface area contributed by atoms with Gasteiger partial charge >= 0.3 is 0 Å². The van der Waals surface area contributed by atoms with Crippen molar-refractivity contribution in [3.63, 3.8) is 0 Å². The van der Waals surface area contributed by atoms with Crippen LogP contribution in [0.1, 0.15) is 25.8 Å². The topological polar surface area (TPSA) is 86.8 Å². The first-order valence-corrected chi connectivity index (χ1v) is 12.5. The Kier molecular flexibility index (Phi) is 7.92. The zero-order chi connectivity index (χ0) is 23.3. The summed E-state index contributed by atoms with van der Waals surface area (Å²) in [4.78, 5) is 26.8. The van der Waals surface area contributed by atoms with E-state index in [2.05, 4.69) is 5.32 Å². The van der Waals surface area contributed by atoms with Gasteiger partial charge in [0.25, 0.3) is 0 Å². The van der Waals surface area contributed by atoms with Crippen LogP contribution in [0.3, 0.4) is 0 Å². The van der Waals surface area contributed by atoms with E-state index in [1.54, 1.807) is 26.0 Å². The van der Waals surface area contributed by atoms with Gasteiger partial charge in [-0.25, -0.2) is 8.42 Å². The van der Waals surface area contributed by atoms with E-state index in [9.17, 15) is 18.0 Å². The molecule has 0 saturated carbocycles. The second kappa shape index (κ2) is 10.5. The smallest absolute Gasteiger partial charge is 0.243 e. The third-order valence-corrected chi connectivity index (χ3v) is 7.93. The number of halogens is 1. The highest BCUT2D eigenvalue weighted by atomic mass is 35.5. The first-order chi connectivity index (χ1) is 15.3. The maximum atomic E-state index is 12.6. The average molecular weight is 478 g/mol. The molecule has 3 rings (SSSR count). The maximum absolute atomic E-state index is 12.6. The summed E-state index contributed by atoms with van der Waals surface area (Å²) in [6.07, 6.45) is 0.808. The van der Waals surface area contributed by atoms with Gasteiger partial charge in [0.2, 0.25) is 21.8 Å². The number of amides is 2. The SMILES string of the molecule is CCN(CC)S(=O)(=O)c1ccc(N2C[C@@H](C(=O)NCCc3ccc(Cl)cc3)CC2=O)cc1. The number of nitrogens with one attached hydrogen (secondary N) is 1. The highest BCUT2D eigenvalue weighted by molar-refractivity contribution is 7.89. The fourth-order valence-corrected chi connectivity index (χ4v) is 5.35. The molecule has 1 saturated heterocycles. The van der Waals surface area contributed by atoms with Crippen LogP contribution >= 0.6 is 11.6 Å². The third-order valence-electron chi connectivity index (χ3n) is 5.61. The minimum Gasteiger partial charge on any atom is -0.355 e. The van der Waals surface area contributed by atoms with Crippen LogP contribution in [0.15, 0.2) is 53.4 Å². The molecule has 9 heteroatoms. The van der Waals surface area contributed by atoms with Crippen molar-refractivity contribution in [2.24, 2.45) is 5.92 Å². The summed E-state index contributed by atoms with van der Waals surface area (Å²) in [6, 6.07) is 13.7. The van der Waals surface area contributed by atoms with E-state index in [1.807, 2.05) is 24.3 Å². The zero-order valence-corrected chi connectivity index (χ0v) is 19.8. The average Bonchev–Trinajstić information content (AvgIpc) is 3.17. The molecule has 32 heavy (non-hydrogen) atoms. The lowest BCUT2D eigenvalue weighted by molar-refractivity contribution is -0.126. The molecular formula is C23H28ClN3O4S. The van der Waals surface area contributed by atoms with E-state index < -0.39 is 15.9 Å². The van der Waals surface area contributed by atoms with Crippen LogP contribution in [0.4, 0.5) is 5.69 Å². The Morgan fingerprint density at radius 1 is 1.09 bits per heavy atom. The molecule has 1 heterocycles. The van der Waals surface area contributed by atoms with Crippen molar-refractivity contribution >= 4 is 39.1 Å². The predicted molar refractivity (Wildman–Crippen MR) is 125 cm³/mol. The second-order valence-electron chi connectivity index (χ2n) is 7.66. The van der Waals surface area contributed by atoms with Gasteiger partial charge in [-0.15, -0.1) is 0 Å². The van der Waals surface area contributed by atoms with E-state index >= 15 is 0 Å². The van der Waals surface area contributed by atoms with Gasteiger partial charge in [0.1, 0.15) is 0 Å². The summed E-state index contributed by atoms with van der Waals surface area (Å²) in [5.41, 5.74) is 1.66. The van der Waals surface area contributed by atoms with Crippen LogP contribution in [0, 0.1) is 5.92 Å². The number of benzene rings is 2. The Morgan fingerprint density at radius 2 is 1.72 bits per heavy atom. The summed E-state index contributed by atoms with van der Waals surface area (Å²) >= 11 is 5.88. The van der Waals surface area contributed by atoms with Gasteiger partial charge in [-0.1, -0.05) is 37.6 Å². The first-order valence-electron chi connectivity index (χ1n) is 10.7. The highest BCUT2D eigenvalue weighted by Gasteiger charge is 2.35. The molecule has 1 N–H and O–H groups in total. The molecule has 1 aliphatic rings. The molecule has 1 aliphatic heterocycles. The molecular weight excluding hydrogens is 450 g/mol. The molecule has 2 aromatic rings. The number of sulfonamides is 1. The summed E-state index contributed by atoms with van der Waals surface area (Å²) in [6.45, 7) is 5.11. The number of rotatable bonds is 9. The molecule has 1 atom stereocenters. The summed E-state index contributed by atoms with van der Waals surface area (Å²) in [5, 5.41) is 3.57. The molecule has 7 nitrogen and oxygen atoms in total. The summed E-state index contributed by atoms with van der Waals surface area (Å²) in [5.74, 6) is -0.746. The van der Waals surface area contributed by atoms with Crippen molar-refractivity contribution in [3.05, 3.63) is 59.1 Å². The van der Waals surface area contributed by atoms with Crippen molar-refractivity contribution in [2.75, 3.05) is 31.1 Å². The number of carbonyl (C=O) groups excluding carboxylic acids is 2. The Morgan fingerprint density at radius 3 is 2.31 bits per heavy atom. The lowest BCUT2D eigenvalue weighted by Gasteiger charge is -2.20. The third kappa shape index (κ3) is 5.49. The standard InChI is InChI=1S/C23H28ClN3O4S/c1-3-26(4-2)32(30,31)21-11-9-20(10-12-21)27-16-18(15-22(27)28)23(29)25-14-13-17-5-7-19(24)8-6-17/h5-12,18H,3-4,13-16H2,1-2H3,(H,25,29)/t18-/m0/s1. The number of hydrogen-bond acceptors (Lipinski definition) is 4. The fraction of sp³-hybridized carbons (Fsp3) is 0.391. The van der Waals surface area contributed by atoms with Gasteiger partial charge in [-0.05, 0) is 48.4 Å². The minimum absolute atomic E-state index is 0.131. The van der Waals surface area contributed by atoms with E-state index in [0.717, 1.165) is 5.56 Å². The molecule has 0 aliphatic carbocycles. The van der Waals surface area contributed by atoms with Crippen molar-refractivity contribution in [3.8, 4) is 0 Å². The number of nitrogens with zero attached hydrogens (tertiary/aromatic N) is 2. The molecule has 2 aromatic carbocycles.